The molecule has 0 atom stereocenters. The van der Waals surface area contributed by atoms with Crippen molar-refractivity contribution in [1.29, 1.82) is 0 Å². The molecule has 100 valence electrons. The maximum Gasteiger partial charge on any atom is 0.269 e. The molecule has 0 bridgehead atoms. The Morgan fingerprint density at radius 3 is 2.05 bits per heavy atom. The molecule has 2 rings (SSSR count). The molecule has 2 aromatic rings. The fourth-order valence-corrected chi connectivity index (χ4v) is 1.59. The first kappa shape index (κ1) is 15.1. The van der Waals surface area contributed by atoms with Gasteiger partial charge in [-0.2, -0.15) is 0 Å². The minimum absolute atomic E-state index is 0. The van der Waals surface area contributed by atoms with Crippen LogP contribution in [-0.4, -0.2) is 9.91 Å². The number of nitro groups is 1. The summed E-state index contributed by atoms with van der Waals surface area (Å²) >= 11 is 0. The molecule has 0 fully saturated rings. The molecule has 1 N–H and O–H groups in total. The van der Waals surface area contributed by atoms with Gasteiger partial charge in [-0.25, -0.2) is 0 Å². The van der Waals surface area contributed by atoms with Crippen molar-refractivity contribution in [2.75, 3.05) is 0 Å². The smallest absolute Gasteiger partial charge is 0.269 e. The number of nitrogens with zero attached hydrogens (tertiary/aromatic N) is 2. The summed E-state index contributed by atoms with van der Waals surface area (Å²) in [5, 5.41) is 13.8. The van der Waals surface area contributed by atoms with E-state index in [1.165, 1.54) is 12.1 Å². The van der Waals surface area contributed by atoms with Gasteiger partial charge >= 0.3 is 0 Å². The van der Waals surface area contributed by atoms with Crippen LogP contribution in [0.1, 0.15) is 11.1 Å². The third kappa shape index (κ3) is 4.65. The molecule has 0 amide bonds. The number of halogens is 1. The van der Waals surface area contributed by atoms with Crippen molar-refractivity contribution in [3.8, 4) is 0 Å². The maximum absolute atomic E-state index is 10.5. The van der Waals surface area contributed by atoms with E-state index in [-0.39, 0.29) is 18.1 Å². The Bertz CT molecular complexity index is 517. The Morgan fingerprint density at radius 2 is 1.53 bits per heavy atom. The lowest BCUT2D eigenvalue weighted by Crippen LogP contribution is -2.12. The van der Waals surface area contributed by atoms with Crippen LogP contribution in [0.3, 0.4) is 0 Å². The van der Waals surface area contributed by atoms with Crippen LogP contribution in [0.5, 0.6) is 0 Å². The van der Waals surface area contributed by atoms with Crippen LogP contribution in [0, 0.1) is 10.1 Å². The topological polar surface area (TPSA) is 68.1 Å². The second-order valence-corrected chi connectivity index (χ2v) is 3.88. The Kier molecular flexibility index (Phi) is 5.92. The molecule has 0 saturated carbocycles. The fourth-order valence-electron chi connectivity index (χ4n) is 1.59. The summed E-state index contributed by atoms with van der Waals surface area (Å²) in [5.41, 5.74) is 2.30. The number of nitrogens with one attached hydrogen (secondary N) is 1. The normalized spacial score (nSPS) is 9.68. The molecule has 0 radical (unpaired) electrons. The lowest BCUT2D eigenvalue weighted by atomic mass is 10.2. The number of rotatable bonds is 5. The minimum atomic E-state index is -0.395. The van der Waals surface area contributed by atoms with Gasteiger partial charge in [0.1, 0.15) is 0 Å². The number of non-ortho nitro benzene ring substituents is 1. The van der Waals surface area contributed by atoms with Crippen molar-refractivity contribution in [2.45, 2.75) is 13.1 Å². The SMILES string of the molecule is Cl.O=[N+]([O-])c1ccc(CNCc2ccncc2)cc1. The molecule has 0 aliphatic rings. The van der Waals surface area contributed by atoms with E-state index in [4.69, 9.17) is 0 Å². The summed E-state index contributed by atoms with van der Waals surface area (Å²) in [4.78, 5) is 14.0. The number of benzene rings is 1. The minimum Gasteiger partial charge on any atom is -0.309 e. The van der Waals surface area contributed by atoms with E-state index >= 15 is 0 Å². The van der Waals surface area contributed by atoms with Gasteiger partial charge in [0.15, 0.2) is 0 Å². The first-order chi connectivity index (χ1) is 8.75. The van der Waals surface area contributed by atoms with E-state index < -0.39 is 4.92 Å². The molecule has 0 spiro atoms. The summed E-state index contributed by atoms with van der Waals surface area (Å²) in [5.74, 6) is 0. The first-order valence-electron chi connectivity index (χ1n) is 5.58. The zero-order valence-corrected chi connectivity index (χ0v) is 11.0. The summed E-state index contributed by atoms with van der Waals surface area (Å²) in [7, 11) is 0. The van der Waals surface area contributed by atoms with E-state index in [0.29, 0.717) is 6.54 Å². The molecule has 0 saturated heterocycles. The van der Waals surface area contributed by atoms with Crippen molar-refractivity contribution in [3.63, 3.8) is 0 Å². The van der Waals surface area contributed by atoms with Gasteiger partial charge in [-0.05, 0) is 23.3 Å². The number of pyridine rings is 1. The van der Waals surface area contributed by atoms with Crippen molar-refractivity contribution in [2.24, 2.45) is 0 Å². The Labute approximate surface area is 117 Å². The molecule has 6 heteroatoms. The van der Waals surface area contributed by atoms with Gasteiger partial charge in [-0.3, -0.25) is 15.1 Å². The van der Waals surface area contributed by atoms with E-state index in [1.807, 2.05) is 12.1 Å². The second kappa shape index (κ2) is 7.45. The standard InChI is InChI=1S/C13H13N3O2.ClH/c17-16(18)13-3-1-11(2-4-13)9-15-10-12-5-7-14-8-6-12;/h1-8,15H,9-10H2;1H. The average Bonchev–Trinajstić information content (AvgIpc) is 2.40. The second-order valence-electron chi connectivity index (χ2n) is 3.88. The van der Waals surface area contributed by atoms with Gasteiger partial charge in [0.25, 0.3) is 5.69 Å². The van der Waals surface area contributed by atoms with Crippen LogP contribution >= 0.6 is 12.4 Å². The van der Waals surface area contributed by atoms with Gasteiger partial charge in [0.05, 0.1) is 4.92 Å². The molecule has 19 heavy (non-hydrogen) atoms. The van der Waals surface area contributed by atoms with Gasteiger partial charge in [0, 0.05) is 37.6 Å². The molecule has 1 heterocycles. The van der Waals surface area contributed by atoms with E-state index in [0.717, 1.165) is 17.7 Å². The predicted molar refractivity (Wildman–Crippen MR) is 75.1 cm³/mol. The Hall–Kier alpha value is -1.98. The number of aromatic nitrogens is 1. The van der Waals surface area contributed by atoms with Crippen LogP contribution < -0.4 is 5.32 Å². The molecular weight excluding hydrogens is 266 g/mol. The fraction of sp³-hybridized carbons (Fsp3) is 0.154. The van der Waals surface area contributed by atoms with Crippen LogP contribution in [0.4, 0.5) is 5.69 Å². The van der Waals surface area contributed by atoms with Gasteiger partial charge in [0.2, 0.25) is 0 Å². The highest BCUT2D eigenvalue weighted by Gasteiger charge is 2.03. The van der Waals surface area contributed by atoms with Crippen LogP contribution in [0.25, 0.3) is 0 Å². The lowest BCUT2D eigenvalue weighted by Gasteiger charge is -2.04. The lowest BCUT2D eigenvalue weighted by molar-refractivity contribution is -0.384. The van der Waals surface area contributed by atoms with E-state index in [1.54, 1.807) is 24.5 Å². The summed E-state index contributed by atoms with van der Waals surface area (Å²) in [6.45, 7) is 1.43. The third-order valence-electron chi connectivity index (χ3n) is 2.55. The molecule has 0 unspecified atom stereocenters. The monoisotopic (exact) mass is 279 g/mol. The van der Waals surface area contributed by atoms with E-state index in [9.17, 15) is 10.1 Å². The molecular formula is C13H14ClN3O2. The number of hydrogen-bond donors (Lipinski definition) is 1. The van der Waals surface area contributed by atoms with E-state index in [2.05, 4.69) is 10.3 Å². The van der Waals surface area contributed by atoms with Crippen molar-refractivity contribution in [3.05, 3.63) is 70.0 Å². The van der Waals surface area contributed by atoms with Crippen LogP contribution in [-0.2, 0) is 13.1 Å². The van der Waals surface area contributed by atoms with Crippen LogP contribution in [0.2, 0.25) is 0 Å². The Morgan fingerprint density at radius 1 is 1.00 bits per heavy atom. The third-order valence-corrected chi connectivity index (χ3v) is 2.55. The molecule has 5 nitrogen and oxygen atoms in total. The molecule has 1 aromatic carbocycles. The zero-order valence-electron chi connectivity index (χ0n) is 10.2. The zero-order chi connectivity index (χ0) is 12.8. The number of hydrogen-bond acceptors (Lipinski definition) is 4. The molecule has 0 aliphatic carbocycles. The maximum atomic E-state index is 10.5. The summed E-state index contributed by atoms with van der Waals surface area (Å²) in [6.07, 6.45) is 3.51. The largest absolute Gasteiger partial charge is 0.309 e. The summed E-state index contributed by atoms with van der Waals surface area (Å²) < 4.78 is 0. The Balaban J connectivity index is 0.00000180. The summed E-state index contributed by atoms with van der Waals surface area (Å²) in [6, 6.07) is 10.5. The van der Waals surface area contributed by atoms with Crippen molar-refractivity contribution >= 4 is 18.1 Å². The van der Waals surface area contributed by atoms with Gasteiger partial charge < -0.3 is 5.32 Å². The van der Waals surface area contributed by atoms with Gasteiger partial charge in [-0.1, -0.05) is 12.1 Å². The molecule has 0 aliphatic heterocycles. The predicted octanol–water partition coefficient (Wildman–Crippen LogP) is 2.70. The van der Waals surface area contributed by atoms with Crippen LogP contribution in [0.15, 0.2) is 48.8 Å². The van der Waals surface area contributed by atoms with Crippen molar-refractivity contribution in [1.82, 2.24) is 10.3 Å². The first-order valence-corrected chi connectivity index (χ1v) is 5.58. The highest BCUT2D eigenvalue weighted by molar-refractivity contribution is 5.85. The number of nitro benzene ring substituents is 1. The highest BCUT2D eigenvalue weighted by Crippen LogP contribution is 2.11. The molecule has 1 aromatic heterocycles. The van der Waals surface area contributed by atoms with Crippen molar-refractivity contribution < 1.29 is 4.92 Å². The highest BCUT2D eigenvalue weighted by atomic mass is 35.5. The average molecular weight is 280 g/mol. The quantitative estimate of drug-likeness (QED) is 0.675. The van der Waals surface area contributed by atoms with Gasteiger partial charge in [-0.15, -0.1) is 12.4 Å².